The van der Waals surface area contributed by atoms with Gasteiger partial charge in [0.25, 0.3) is 0 Å². The predicted molar refractivity (Wildman–Crippen MR) is 43.1 cm³/mol. The summed E-state index contributed by atoms with van der Waals surface area (Å²) in [6.45, 7) is 2.40. The summed E-state index contributed by atoms with van der Waals surface area (Å²) in [5.74, 6) is 0. The van der Waals surface area contributed by atoms with E-state index >= 15 is 0 Å². The number of piperidine rings is 1. The van der Waals surface area contributed by atoms with Crippen molar-refractivity contribution < 1.29 is 5.21 Å². The normalized spacial score (nSPS) is 36.0. The first kappa shape index (κ1) is 7.10. The van der Waals surface area contributed by atoms with E-state index in [0.717, 1.165) is 18.6 Å². The molecule has 2 fully saturated rings. The lowest BCUT2D eigenvalue weighted by atomic mass is 10.0. The van der Waals surface area contributed by atoms with Crippen molar-refractivity contribution in [2.45, 2.75) is 31.7 Å². The van der Waals surface area contributed by atoms with Crippen LogP contribution >= 0.6 is 0 Å². The average molecular weight is 154 g/mol. The fraction of sp³-hybridized carbons (Fsp3) is 0.875. The Balaban J connectivity index is 2.12. The van der Waals surface area contributed by atoms with Gasteiger partial charge in [0, 0.05) is 0 Å². The SMILES string of the molecule is ON=C1CCCN2CCCC12. The van der Waals surface area contributed by atoms with Crippen molar-refractivity contribution in [2.75, 3.05) is 13.1 Å². The zero-order valence-corrected chi connectivity index (χ0v) is 6.66. The molecule has 2 aliphatic heterocycles. The molecule has 2 heterocycles. The topological polar surface area (TPSA) is 35.8 Å². The van der Waals surface area contributed by atoms with E-state index in [1.165, 1.54) is 25.9 Å². The van der Waals surface area contributed by atoms with E-state index in [4.69, 9.17) is 5.21 Å². The van der Waals surface area contributed by atoms with E-state index in [9.17, 15) is 0 Å². The van der Waals surface area contributed by atoms with E-state index in [0.29, 0.717) is 6.04 Å². The van der Waals surface area contributed by atoms with Gasteiger partial charge in [0.15, 0.2) is 0 Å². The average Bonchev–Trinajstić information content (AvgIpc) is 2.50. The van der Waals surface area contributed by atoms with Gasteiger partial charge in [-0.05, 0) is 38.8 Å². The monoisotopic (exact) mass is 154 g/mol. The van der Waals surface area contributed by atoms with Crippen molar-refractivity contribution in [1.82, 2.24) is 4.90 Å². The Kier molecular flexibility index (Phi) is 1.82. The molecule has 11 heavy (non-hydrogen) atoms. The minimum atomic E-state index is 0.480. The summed E-state index contributed by atoms with van der Waals surface area (Å²) in [5.41, 5.74) is 1.01. The lowest BCUT2D eigenvalue weighted by molar-refractivity contribution is 0.259. The summed E-state index contributed by atoms with van der Waals surface area (Å²) in [4.78, 5) is 2.43. The number of rotatable bonds is 0. The van der Waals surface area contributed by atoms with E-state index in [-0.39, 0.29) is 0 Å². The van der Waals surface area contributed by atoms with Gasteiger partial charge in [0.2, 0.25) is 0 Å². The molecule has 0 aromatic heterocycles. The lowest BCUT2D eigenvalue weighted by Gasteiger charge is -2.29. The van der Waals surface area contributed by atoms with Crippen LogP contribution in [-0.4, -0.2) is 35.0 Å². The highest BCUT2D eigenvalue weighted by Gasteiger charge is 2.31. The lowest BCUT2D eigenvalue weighted by Crippen LogP contribution is -2.41. The maximum Gasteiger partial charge on any atom is 0.0742 e. The molecule has 1 atom stereocenters. The molecule has 0 radical (unpaired) electrons. The molecule has 1 N–H and O–H groups in total. The number of fused-ring (bicyclic) bond motifs is 1. The van der Waals surface area contributed by atoms with Gasteiger partial charge in [-0.25, -0.2) is 0 Å². The molecule has 0 aliphatic carbocycles. The van der Waals surface area contributed by atoms with Crippen LogP contribution in [0, 0.1) is 0 Å². The zero-order valence-electron chi connectivity index (χ0n) is 6.66. The van der Waals surface area contributed by atoms with Crippen LogP contribution < -0.4 is 0 Å². The Morgan fingerprint density at radius 2 is 2.18 bits per heavy atom. The van der Waals surface area contributed by atoms with Crippen LogP contribution in [0.2, 0.25) is 0 Å². The Morgan fingerprint density at radius 1 is 1.36 bits per heavy atom. The van der Waals surface area contributed by atoms with Crippen LogP contribution in [0.25, 0.3) is 0 Å². The highest BCUT2D eigenvalue weighted by atomic mass is 16.4. The van der Waals surface area contributed by atoms with Crippen molar-refractivity contribution >= 4 is 5.71 Å². The van der Waals surface area contributed by atoms with Crippen molar-refractivity contribution in [3.63, 3.8) is 0 Å². The quantitative estimate of drug-likeness (QED) is 0.418. The Bertz CT molecular complexity index is 179. The van der Waals surface area contributed by atoms with Gasteiger partial charge >= 0.3 is 0 Å². The highest BCUT2D eigenvalue weighted by molar-refractivity contribution is 5.89. The molecule has 3 nitrogen and oxygen atoms in total. The summed E-state index contributed by atoms with van der Waals surface area (Å²) in [6, 6.07) is 0.480. The minimum absolute atomic E-state index is 0.480. The second-order valence-electron chi connectivity index (χ2n) is 3.39. The summed E-state index contributed by atoms with van der Waals surface area (Å²) in [7, 11) is 0. The van der Waals surface area contributed by atoms with Crippen LogP contribution in [-0.2, 0) is 0 Å². The van der Waals surface area contributed by atoms with Crippen LogP contribution in [0.3, 0.4) is 0 Å². The third-order valence-corrected chi connectivity index (χ3v) is 2.75. The number of oxime groups is 1. The maximum atomic E-state index is 8.70. The molecule has 0 spiro atoms. The molecule has 0 aromatic rings. The maximum absolute atomic E-state index is 8.70. The van der Waals surface area contributed by atoms with Crippen molar-refractivity contribution in [3.8, 4) is 0 Å². The molecule has 0 aromatic carbocycles. The Hall–Kier alpha value is -0.570. The molecule has 2 rings (SSSR count). The predicted octanol–water partition coefficient (Wildman–Crippen LogP) is 1.07. The van der Waals surface area contributed by atoms with Gasteiger partial charge in [0.05, 0.1) is 11.8 Å². The smallest absolute Gasteiger partial charge is 0.0742 e. The third kappa shape index (κ3) is 1.13. The number of hydrogen-bond donors (Lipinski definition) is 1. The zero-order chi connectivity index (χ0) is 7.68. The summed E-state index contributed by atoms with van der Waals surface area (Å²) < 4.78 is 0. The fourth-order valence-electron chi connectivity index (χ4n) is 2.22. The summed E-state index contributed by atoms with van der Waals surface area (Å²) in [6.07, 6.45) is 4.62. The highest BCUT2D eigenvalue weighted by Crippen LogP contribution is 2.24. The van der Waals surface area contributed by atoms with Crippen molar-refractivity contribution in [2.24, 2.45) is 5.16 Å². The molecule has 0 amide bonds. The van der Waals surface area contributed by atoms with E-state index in [1.54, 1.807) is 0 Å². The third-order valence-electron chi connectivity index (χ3n) is 2.75. The number of nitrogens with zero attached hydrogens (tertiary/aromatic N) is 2. The van der Waals surface area contributed by atoms with Crippen molar-refractivity contribution in [1.29, 1.82) is 0 Å². The molecule has 0 bridgehead atoms. The fourth-order valence-corrected chi connectivity index (χ4v) is 2.22. The second kappa shape index (κ2) is 2.81. The van der Waals surface area contributed by atoms with Gasteiger partial charge in [-0.3, -0.25) is 4.90 Å². The van der Waals surface area contributed by atoms with E-state index in [2.05, 4.69) is 10.1 Å². The molecule has 0 saturated carbocycles. The second-order valence-corrected chi connectivity index (χ2v) is 3.39. The largest absolute Gasteiger partial charge is 0.411 e. The van der Waals surface area contributed by atoms with Gasteiger partial charge in [-0.2, -0.15) is 0 Å². The minimum Gasteiger partial charge on any atom is -0.411 e. The van der Waals surface area contributed by atoms with E-state index < -0.39 is 0 Å². The van der Waals surface area contributed by atoms with Crippen molar-refractivity contribution in [3.05, 3.63) is 0 Å². The molecular weight excluding hydrogens is 140 g/mol. The van der Waals surface area contributed by atoms with Gasteiger partial charge < -0.3 is 5.21 Å². The molecule has 1 unspecified atom stereocenters. The molecular formula is C8H14N2O. The molecule has 2 aliphatic rings. The number of hydrogen-bond acceptors (Lipinski definition) is 3. The summed E-state index contributed by atoms with van der Waals surface area (Å²) in [5, 5.41) is 12.1. The first-order chi connectivity index (χ1) is 5.42. The standard InChI is InChI=1S/C8H14N2O/c11-9-7-3-1-5-10-6-2-4-8(7)10/h8,11H,1-6H2. The van der Waals surface area contributed by atoms with Gasteiger partial charge in [-0.15, -0.1) is 0 Å². The van der Waals surface area contributed by atoms with Gasteiger partial charge in [-0.1, -0.05) is 5.16 Å². The van der Waals surface area contributed by atoms with E-state index in [1.807, 2.05) is 0 Å². The van der Waals surface area contributed by atoms with Crippen LogP contribution in [0.5, 0.6) is 0 Å². The summed E-state index contributed by atoms with van der Waals surface area (Å²) >= 11 is 0. The molecule has 3 heteroatoms. The Labute approximate surface area is 66.7 Å². The van der Waals surface area contributed by atoms with Crippen LogP contribution in [0.1, 0.15) is 25.7 Å². The van der Waals surface area contributed by atoms with Crippen LogP contribution in [0.15, 0.2) is 5.16 Å². The molecule has 2 saturated heterocycles. The van der Waals surface area contributed by atoms with Crippen LogP contribution in [0.4, 0.5) is 0 Å². The first-order valence-corrected chi connectivity index (χ1v) is 4.36. The van der Waals surface area contributed by atoms with Gasteiger partial charge in [0.1, 0.15) is 0 Å². The Morgan fingerprint density at radius 3 is 3.00 bits per heavy atom. The first-order valence-electron chi connectivity index (χ1n) is 4.36. The molecule has 62 valence electrons.